The van der Waals surface area contributed by atoms with Gasteiger partial charge in [-0.3, -0.25) is 20.2 Å². The van der Waals surface area contributed by atoms with Gasteiger partial charge in [0.1, 0.15) is 5.56 Å². The molecular formula is C12H16BrN3O5. The van der Waals surface area contributed by atoms with E-state index in [2.05, 4.69) is 21.2 Å². The predicted octanol–water partition coefficient (Wildman–Crippen LogP) is 2.17. The monoisotopic (exact) mass is 361 g/mol. The summed E-state index contributed by atoms with van der Waals surface area (Å²) in [6.07, 6.45) is 0.226. The first kappa shape index (κ1) is 17.5. The second kappa shape index (κ2) is 8.01. The summed E-state index contributed by atoms with van der Waals surface area (Å²) >= 11 is 3.04. The Labute approximate surface area is 129 Å². The number of nitro benzene ring substituents is 2. The molecular weight excluding hydrogens is 346 g/mol. The molecule has 1 atom stereocenters. The zero-order valence-corrected chi connectivity index (χ0v) is 13.0. The average Bonchev–Trinajstić information content (AvgIpc) is 2.38. The molecule has 0 heterocycles. The maximum atomic E-state index is 11.0. The van der Waals surface area contributed by atoms with Crippen LogP contribution < -0.4 is 5.32 Å². The minimum atomic E-state index is -0.615. The summed E-state index contributed by atoms with van der Waals surface area (Å²) in [7, 11) is 0. The first-order valence-corrected chi connectivity index (χ1v) is 7.12. The Morgan fingerprint density at radius 2 is 1.81 bits per heavy atom. The fraction of sp³-hybridized carbons (Fsp3) is 0.500. The number of rotatable bonds is 8. The van der Waals surface area contributed by atoms with E-state index in [1.807, 2.05) is 0 Å². The van der Waals surface area contributed by atoms with Gasteiger partial charge in [0.05, 0.1) is 16.0 Å². The van der Waals surface area contributed by atoms with Gasteiger partial charge in [-0.05, 0) is 26.3 Å². The summed E-state index contributed by atoms with van der Waals surface area (Å²) in [6, 6.07) is 2.54. The molecule has 0 bridgehead atoms. The number of hydrogen-bond acceptors (Lipinski definition) is 6. The highest BCUT2D eigenvalue weighted by atomic mass is 79.9. The lowest BCUT2D eigenvalue weighted by Gasteiger charge is -2.08. The molecule has 0 amide bonds. The smallest absolute Gasteiger partial charge is 0.280 e. The van der Waals surface area contributed by atoms with Crippen LogP contribution in [0.1, 0.15) is 18.9 Å². The molecule has 2 N–H and O–H groups in total. The summed E-state index contributed by atoms with van der Waals surface area (Å²) in [4.78, 5) is 20.9. The van der Waals surface area contributed by atoms with Crippen LogP contribution in [0.2, 0.25) is 0 Å². The molecule has 1 aromatic carbocycles. The SMILES string of the molecule is CC(O)CNCCCc1c([N+](=O)[O-])cc(Br)cc1[N+](=O)[O-]. The molecule has 0 aliphatic rings. The van der Waals surface area contributed by atoms with E-state index in [1.165, 1.54) is 12.1 Å². The fourth-order valence-corrected chi connectivity index (χ4v) is 2.33. The molecule has 0 aliphatic heterocycles. The lowest BCUT2D eigenvalue weighted by Crippen LogP contribution is -2.25. The van der Waals surface area contributed by atoms with Crippen molar-refractivity contribution in [3.63, 3.8) is 0 Å². The van der Waals surface area contributed by atoms with Gasteiger partial charge in [0.15, 0.2) is 0 Å². The van der Waals surface area contributed by atoms with Crippen LogP contribution in [0, 0.1) is 20.2 Å². The number of nitro groups is 2. The van der Waals surface area contributed by atoms with Crippen molar-refractivity contribution >= 4 is 27.3 Å². The molecule has 9 heteroatoms. The van der Waals surface area contributed by atoms with Gasteiger partial charge >= 0.3 is 0 Å². The van der Waals surface area contributed by atoms with Crippen LogP contribution in [0.4, 0.5) is 11.4 Å². The van der Waals surface area contributed by atoms with E-state index in [4.69, 9.17) is 5.11 Å². The lowest BCUT2D eigenvalue weighted by molar-refractivity contribution is -0.395. The molecule has 0 fully saturated rings. The van der Waals surface area contributed by atoms with E-state index in [-0.39, 0.29) is 23.4 Å². The highest BCUT2D eigenvalue weighted by Crippen LogP contribution is 2.33. The average molecular weight is 362 g/mol. The third-order valence-electron chi connectivity index (χ3n) is 2.78. The van der Waals surface area contributed by atoms with Gasteiger partial charge in [0, 0.05) is 23.2 Å². The molecule has 0 saturated carbocycles. The van der Waals surface area contributed by atoms with Gasteiger partial charge in [-0.1, -0.05) is 15.9 Å². The largest absolute Gasteiger partial charge is 0.392 e. The summed E-state index contributed by atoms with van der Waals surface area (Å²) in [5, 5.41) is 34.1. The third-order valence-corrected chi connectivity index (χ3v) is 3.24. The first-order valence-electron chi connectivity index (χ1n) is 6.33. The molecule has 1 aromatic rings. The Balaban J connectivity index is 2.88. The second-order valence-electron chi connectivity index (χ2n) is 4.59. The summed E-state index contributed by atoms with van der Waals surface area (Å²) in [5.74, 6) is 0. The standard InChI is InChI=1S/C12H16BrN3O5/c1-8(17)7-14-4-2-3-10-11(15(18)19)5-9(13)6-12(10)16(20)21/h5-6,8,14,17H,2-4,7H2,1H3. The van der Waals surface area contributed by atoms with Gasteiger partial charge in [0.25, 0.3) is 11.4 Å². The normalized spacial score (nSPS) is 12.1. The van der Waals surface area contributed by atoms with Gasteiger partial charge < -0.3 is 10.4 Å². The zero-order valence-electron chi connectivity index (χ0n) is 11.4. The van der Waals surface area contributed by atoms with Gasteiger partial charge in [-0.25, -0.2) is 0 Å². The Hall–Kier alpha value is -1.58. The minimum Gasteiger partial charge on any atom is -0.392 e. The minimum absolute atomic E-state index is 0.118. The molecule has 116 valence electrons. The van der Waals surface area contributed by atoms with Crippen LogP contribution in [0.3, 0.4) is 0 Å². The molecule has 0 aromatic heterocycles. The topological polar surface area (TPSA) is 119 Å². The Morgan fingerprint density at radius 1 is 1.29 bits per heavy atom. The number of aliphatic hydroxyl groups is 1. The van der Waals surface area contributed by atoms with Crippen molar-refractivity contribution in [2.24, 2.45) is 0 Å². The predicted molar refractivity (Wildman–Crippen MR) is 80.3 cm³/mol. The van der Waals surface area contributed by atoms with Crippen LogP contribution >= 0.6 is 15.9 Å². The molecule has 0 aliphatic carbocycles. The third kappa shape index (κ3) is 5.37. The van der Waals surface area contributed by atoms with Crippen molar-refractivity contribution in [2.75, 3.05) is 13.1 Å². The van der Waals surface area contributed by atoms with Crippen molar-refractivity contribution < 1.29 is 15.0 Å². The zero-order chi connectivity index (χ0) is 16.0. The number of hydrogen-bond donors (Lipinski definition) is 2. The van der Waals surface area contributed by atoms with Gasteiger partial charge in [0.2, 0.25) is 0 Å². The highest BCUT2D eigenvalue weighted by molar-refractivity contribution is 9.10. The molecule has 1 rings (SSSR count). The highest BCUT2D eigenvalue weighted by Gasteiger charge is 2.25. The van der Waals surface area contributed by atoms with E-state index < -0.39 is 16.0 Å². The number of aliphatic hydroxyl groups excluding tert-OH is 1. The number of halogens is 1. The molecule has 21 heavy (non-hydrogen) atoms. The number of benzene rings is 1. The summed E-state index contributed by atoms with van der Waals surface area (Å²) in [6.45, 7) is 2.55. The maximum absolute atomic E-state index is 11.0. The van der Waals surface area contributed by atoms with E-state index in [0.717, 1.165) is 0 Å². The Bertz CT molecular complexity index is 501. The summed E-state index contributed by atoms with van der Waals surface area (Å²) in [5.41, 5.74) is -0.398. The van der Waals surface area contributed by atoms with Gasteiger partial charge in [-0.2, -0.15) is 0 Å². The van der Waals surface area contributed by atoms with Gasteiger partial charge in [-0.15, -0.1) is 0 Å². The quantitative estimate of drug-likeness (QED) is 0.416. The fourth-order valence-electron chi connectivity index (χ4n) is 1.89. The van der Waals surface area contributed by atoms with Crippen molar-refractivity contribution in [1.82, 2.24) is 5.32 Å². The van der Waals surface area contributed by atoms with Crippen molar-refractivity contribution in [3.8, 4) is 0 Å². The van der Waals surface area contributed by atoms with Crippen LogP contribution in [0.25, 0.3) is 0 Å². The molecule has 1 unspecified atom stereocenters. The van der Waals surface area contributed by atoms with Crippen LogP contribution in [0.5, 0.6) is 0 Å². The van der Waals surface area contributed by atoms with E-state index >= 15 is 0 Å². The van der Waals surface area contributed by atoms with Crippen molar-refractivity contribution in [1.29, 1.82) is 0 Å². The van der Waals surface area contributed by atoms with E-state index in [1.54, 1.807) is 6.92 Å². The molecule has 0 spiro atoms. The first-order chi connectivity index (χ1) is 9.82. The lowest BCUT2D eigenvalue weighted by atomic mass is 10.1. The van der Waals surface area contributed by atoms with Crippen LogP contribution in [-0.2, 0) is 6.42 Å². The van der Waals surface area contributed by atoms with Crippen LogP contribution in [-0.4, -0.2) is 34.1 Å². The number of nitrogens with zero attached hydrogens (tertiary/aromatic N) is 2. The van der Waals surface area contributed by atoms with Crippen molar-refractivity contribution in [2.45, 2.75) is 25.9 Å². The van der Waals surface area contributed by atoms with Crippen LogP contribution in [0.15, 0.2) is 16.6 Å². The Morgan fingerprint density at radius 3 is 2.24 bits per heavy atom. The Kier molecular flexibility index (Phi) is 6.66. The van der Waals surface area contributed by atoms with E-state index in [0.29, 0.717) is 24.0 Å². The number of nitrogens with one attached hydrogen (secondary N) is 1. The second-order valence-corrected chi connectivity index (χ2v) is 5.51. The maximum Gasteiger partial charge on any atom is 0.280 e. The van der Waals surface area contributed by atoms with Crippen molar-refractivity contribution in [3.05, 3.63) is 42.4 Å². The summed E-state index contributed by atoms with van der Waals surface area (Å²) < 4.78 is 0.303. The molecule has 8 nitrogen and oxygen atoms in total. The molecule has 0 radical (unpaired) electrons. The molecule has 0 saturated heterocycles. The van der Waals surface area contributed by atoms with E-state index in [9.17, 15) is 20.2 Å².